The minimum Gasteiger partial charge on any atom is -0.465 e. The van der Waals surface area contributed by atoms with Crippen molar-refractivity contribution in [2.45, 2.75) is 63.8 Å². The van der Waals surface area contributed by atoms with E-state index in [1.807, 2.05) is 6.07 Å². The van der Waals surface area contributed by atoms with Gasteiger partial charge in [0.25, 0.3) is 0 Å². The van der Waals surface area contributed by atoms with E-state index in [0.29, 0.717) is 11.0 Å². The molecule has 0 N–H and O–H groups in total. The van der Waals surface area contributed by atoms with E-state index < -0.39 is 0 Å². The molecule has 2 aliphatic carbocycles. The predicted octanol–water partition coefficient (Wildman–Crippen LogP) is 3.99. The molecular formula is C21H29NO2. The van der Waals surface area contributed by atoms with E-state index in [1.54, 1.807) is 0 Å². The van der Waals surface area contributed by atoms with Gasteiger partial charge in [0, 0.05) is 12.6 Å². The van der Waals surface area contributed by atoms with Crippen molar-refractivity contribution in [2.75, 3.05) is 20.2 Å². The molecule has 4 rings (SSSR count). The second-order valence-corrected chi connectivity index (χ2v) is 8.16. The first kappa shape index (κ1) is 16.1. The van der Waals surface area contributed by atoms with E-state index in [-0.39, 0.29) is 5.97 Å². The van der Waals surface area contributed by atoms with Crippen molar-refractivity contribution in [1.82, 2.24) is 4.90 Å². The highest BCUT2D eigenvalue weighted by atomic mass is 16.5. The first-order valence-corrected chi connectivity index (χ1v) is 9.63. The number of likely N-dealkylation sites (tertiary alicyclic amines) is 1. The van der Waals surface area contributed by atoms with Crippen LogP contribution in [0.5, 0.6) is 0 Å². The summed E-state index contributed by atoms with van der Waals surface area (Å²) in [4.78, 5) is 14.6. The van der Waals surface area contributed by atoms with Crippen LogP contribution in [0.25, 0.3) is 0 Å². The number of rotatable bonds is 2. The highest BCUT2D eigenvalue weighted by Gasteiger charge is 2.42. The number of esters is 1. The molecular weight excluding hydrogens is 298 g/mol. The number of carbonyl (C=O) groups excluding carboxylic acids is 1. The third kappa shape index (κ3) is 2.99. The van der Waals surface area contributed by atoms with E-state index >= 15 is 0 Å². The van der Waals surface area contributed by atoms with Crippen molar-refractivity contribution in [1.29, 1.82) is 0 Å². The van der Waals surface area contributed by atoms with Crippen LogP contribution in [0.1, 0.15) is 66.4 Å². The lowest BCUT2D eigenvalue weighted by Crippen LogP contribution is -2.38. The molecule has 3 heteroatoms. The van der Waals surface area contributed by atoms with Gasteiger partial charge in [-0.2, -0.15) is 0 Å². The summed E-state index contributed by atoms with van der Waals surface area (Å²) in [6.07, 6.45) is 12.0. The Morgan fingerprint density at radius 2 is 2.00 bits per heavy atom. The zero-order chi connectivity index (χ0) is 16.6. The first-order chi connectivity index (χ1) is 11.7. The average molecular weight is 327 g/mol. The van der Waals surface area contributed by atoms with Crippen molar-refractivity contribution in [3.63, 3.8) is 0 Å². The molecule has 1 saturated heterocycles. The SMILES string of the molecule is COC(=O)c1ccc2c(c1)CC1(CC2)CCN(C2CCCCC2)C1. The topological polar surface area (TPSA) is 29.5 Å². The molecule has 1 aromatic rings. The normalized spacial score (nSPS) is 28.0. The van der Waals surface area contributed by atoms with Crippen LogP contribution in [0, 0.1) is 5.41 Å². The van der Waals surface area contributed by atoms with Crippen molar-refractivity contribution in [3.05, 3.63) is 34.9 Å². The van der Waals surface area contributed by atoms with Crippen LogP contribution in [-0.4, -0.2) is 37.1 Å². The Bertz CT molecular complexity index is 620. The van der Waals surface area contributed by atoms with Crippen LogP contribution in [-0.2, 0) is 17.6 Å². The second kappa shape index (κ2) is 6.51. The molecule has 1 atom stereocenters. The summed E-state index contributed by atoms with van der Waals surface area (Å²) >= 11 is 0. The van der Waals surface area contributed by atoms with Crippen molar-refractivity contribution in [2.24, 2.45) is 5.41 Å². The zero-order valence-corrected chi connectivity index (χ0v) is 14.9. The van der Waals surface area contributed by atoms with E-state index in [4.69, 9.17) is 4.74 Å². The third-order valence-electron chi connectivity index (χ3n) is 6.68. The fourth-order valence-corrected chi connectivity index (χ4v) is 5.25. The minimum absolute atomic E-state index is 0.215. The molecule has 1 saturated carbocycles. The van der Waals surface area contributed by atoms with Gasteiger partial charge in [0.05, 0.1) is 12.7 Å². The number of ether oxygens (including phenoxy) is 1. The smallest absolute Gasteiger partial charge is 0.337 e. The van der Waals surface area contributed by atoms with Gasteiger partial charge < -0.3 is 4.74 Å². The lowest BCUT2D eigenvalue weighted by molar-refractivity contribution is 0.0600. The van der Waals surface area contributed by atoms with Gasteiger partial charge in [-0.1, -0.05) is 25.3 Å². The Labute approximate surface area is 145 Å². The van der Waals surface area contributed by atoms with Gasteiger partial charge in [-0.05, 0) is 73.7 Å². The number of aryl methyl sites for hydroxylation is 1. The van der Waals surface area contributed by atoms with Crippen LogP contribution in [0.4, 0.5) is 0 Å². The lowest BCUT2D eigenvalue weighted by atomic mass is 9.71. The van der Waals surface area contributed by atoms with Crippen LogP contribution < -0.4 is 0 Å². The number of fused-ring (bicyclic) bond motifs is 1. The van der Waals surface area contributed by atoms with Crippen LogP contribution in [0.3, 0.4) is 0 Å². The summed E-state index contributed by atoms with van der Waals surface area (Å²) in [6.45, 7) is 2.54. The fraction of sp³-hybridized carbons (Fsp3) is 0.667. The standard InChI is InChI=1S/C21H29NO2/c1-24-20(23)17-8-7-16-9-10-21(14-18(16)13-17)11-12-22(15-21)19-5-3-2-4-6-19/h7-8,13,19H,2-6,9-12,14-15H2,1H3. The van der Waals surface area contributed by atoms with Crippen LogP contribution in [0.2, 0.25) is 0 Å². The predicted molar refractivity (Wildman–Crippen MR) is 95.3 cm³/mol. The number of carbonyl (C=O) groups is 1. The lowest BCUT2D eigenvalue weighted by Gasteiger charge is -2.37. The Morgan fingerprint density at radius 3 is 2.79 bits per heavy atom. The number of methoxy groups -OCH3 is 1. The summed E-state index contributed by atoms with van der Waals surface area (Å²) in [6, 6.07) is 6.99. The Balaban J connectivity index is 1.50. The number of nitrogens with zero attached hydrogens (tertiary/aromatic N) is 1. The second-order valence-electron chi connectivity index (χ2n) is 8.16. The van der Waals surface area contributed by atoms with E-state index in [9.17, 15) is 4.79 Å². The van der Waals surface area contributed by atoms with Gasteiger partial charge in [-0.25, -0.2) is 4.79 Å². The molecule has 0 radical (unpaired) electrons. The molecule has 0 amide bonds. The van der Waals surface area contributed by atoms with Crippen molar-refractivity contribution < 1.29 is 9.53 Å². The molecule has 24 heavy (non-hydrogen) atoms. The zero-order valence-electron chi connectivity index (χ0n) is 14.9. The quantitative estimate of drug-likeness (QED) is 0.769. The van der Waals surface area contributed by atoms with E-state index in [0.717, 1.165) is 18.9 Å². The molecule has 1 aliphatic heterocycles. The molecule has 0 bridgehead atoms. The maximum atomic E-state index is 11.8. The monoisotopic (exact) mass is 327 g/mol. The number of hydrogen-bond donors (Lipinski definition) is 0. The summed E-state index contributed by atoms with van der Waals surface area (Å²) in [5.74, 6) is -0.215. The molecule has 3 nitrogen and oxygen atoms in total. The molecule has 0 aromatic heterocycles. The maximum Gasteiger partial charge on any atom is 0.337 e. The number of benzene rings is 1. The largest absolute Gasteiger partial charge is 0.465 e. The third-order valence-corrected chi connectivity index (χ3v) is 6.68. The Morgan fingerprint density at radius 1 is 1.17 bits per heavy atom. The van der Waals surface area contributed by atoms with Crippen molar-refractivity contribution >= 4 is 5.97 Å². The van der Waals surface area contributed by atoms with Gasteiger partial charge in [0.15, 0.2) is 0 Å². The number of hydrogen-bond acceptors (Lipinski definition) is 3. The Hall–Kier alpha value is -1.35. The molecule has 1 aromatic carbocycles. The van der Waals surface area contributed by atoms with Crippen molar-refractivity contribution in [3.8, 4) is 0 Å². The maximum absolute atomic E-state index is 11.8. The van der Waals surface area contributed by atoms with Gasteiger partial charge >= 0.3 is 5.97 Å². The molecule has 1 unspecified atom stereocenters. The molecule has 2 fully saturated rings. The highest BCUT2D eigenvalue weighted by molar-refractivity contribution is 5.89. The van der Waals surface area contributed by atoms with Gasteiger partial charge in [-0.15, -0.1) is 0 Å². The van der Waals surface area contributed by atoms with E-state index in [2.05, 4.69) is 17.0 Å². The summed E-state index contributed by atoms with van der Waals surface area (Å²) < 4.78 is 4.89. The summed E-state index contributed by atoms with van der Waals surface area (Å²) in [7, 11) is 1.46. The minimum atomic E-state index is -0.215. The van der Waals surface area contributed by atoms with Crippen LogP contribution in [0.15, 0.2) is 18.2 Å². The molecule has 130 valence electrons. The van der Waals surface area contributed by atoms with Gasteiger partial charge in [0.1, 0.15) is 0 Å². The fourth-order valence-electron chi connectivity index (χ4n) is 5.25. The van der Waals surface area contributed by atoms with Gasteiger partial charge in [-0.3, -0.25) is 4.90 Å². The molecule has 1 spiro atoms. The van der Waals surface area contributed by atoms with E-state index in [1.165, 1.54) is 76.3 Å². The first-order valence-electron chi connectivity index (χ1n) is 9.63. The summed E-state index contributed by atoms with van der Waals surface area (Å²) in [5.41, 5.74) is 3.97. The molecule has 1 heterocycles. The van der Waals surface area contributed by atoms with Crippen LogP contribution >= 0.6 is 0 Å². The summed E-state index contributed by atoms with van der Waals surface area (Å²) in [5, 5.41) is 0. The highest BCUT2D eigenvalue weighted by Crippen LogP contribution is 2.44. The van der Waals surface area contributed by atoms with Gasteiger partial charge in [0.2, 0.25) is 0 Å². The Kier molecular flexibility index (Phi) is 4.38. The molecule has 3 aliphatic rings. The average Bonchev–Trinajstić information content (AvgIpc) is 3.04.